The maximum absolute atomic E-state index is 12.9. The predicted octanol–water partition coefficient (Wildman–Crippen LogP) is 18.7. The Morgan fingerprint density at radius 3 is 1.10 bits per heavy atom. The molecule has 0 aliphatic heterocycles. The fourth-order valence-corrected chi connectivity index (χ4v) is 10.2. The summed E-state index contributed by atoms with van der Waals surface area (Å²) in [5, 5.41) is 13.8. The average molecular weight is 1040 g/mol. The van der Waals surface area contributed by atoms with E-state index in [1.165, 1.54) is 238 Å². The van der Waals surface area contributed by atoms with Crippen molar-refractivity contribution in [2.24, 2.45) is 0 Å². The molecule has 0 aromatic rings. The Morgan fingerprint density at radius 1 is 0.472 bits per heavy atom. The molecule has 9 heteroatoms. The van der Waals surface area contributed by atoms with Crippen molar-refractivity contribution >= 4 is 13.7 Å². The molecule has 8 nitrogen and oxygen atoms in total. The fourth-order valence-electron chi connectivity index (χ4n) is 9.43. The molecule has 0 aliphatic carbocycles. The van der Waals surface area contributed by atoms with E-state index < -0.39 is 26.6 Å². The number of carbonyl (C=O) groups is 1. The first kappa shape index (κ1) is 70.7. The zero-order valence-corrected chi connectivity index (χ0v) is 49.5. The van der Waals surface area contributed by atoms with Gasteiger partial charge < -0.3 is 28.8 Å². The molecule has 3 unspecified atom stereocenters. The highest BCUT2D eigenvalue weighted by molar-refractivity contribution is 7.45. The number of aliphatic hydroxyl groups is 1. The second-order valence-electron chi connectivity index (χ2n) is 22.8. The monoisotopic (exact) mass is 1030 g/mol. The van der Waals surface area contributed by atoms with Crippen molar-refractivity contribution in [3.05, 3.63) is 36.5 Å². The normalized spacial score (nSPS) is 14.0. The van der Waals surface area contributed by atoms with Crippen LogP contribution in [-0.2, 0) is 18.4 Å². The number of rotatable bonds is 58. The quantitative estimate of drug-likeness (QED) is 0.0272. The number of aliphatic hydroxyl groups excluding tert-OH is 1. The first-order valence-corrected chi connectivity index (χ1v) is 32.8. The molecule has 0 fully saturated rings. The molecule has 426 valence electrons. The number of nitrogens with zero attached hydrogens (tertiary/aromatic N) is 1. The van der Waals surface area contributed by atoms with Gasteiger partial charge in [-0.2, -0.15) is 0 Å². The van der Waals surface area contributed by atoms with Crippen LogP contribution in [0.2, 0.25) is 0 Å². The van der Waals surface area contributed by atoms with Crippen LogP contribution in [0, 0.1) is 0 Å². The zero-order valence-electron chi connectivity index (χ0n) is 48.6. The predicted molar refractivity (Wildman–Crippen MR) is 311 cm³/mol. The van der Waals surface area contributed by atoms with E-state index in [-0.39, 0.29) is 12.5 Å². The molecule has 72 heavy (non-hydrogen) atoms. The van der Waals surface area contributed by atoms with Gasteiger partial charge in [-0.05, 0) is 38.5 Å². The third-order valence-electron chi connectivity index (χ3n) is 14.3. The number of allylic oxidation sites excluding steroid dienone is 5. The third-order valence-corrected chi connectivity index (χ3v) is 15.3. The molecule has 0 aliphatic rings. The maximum atomic E-state index is 12.9. The molecule has 0 heterocycles. The van der Waals surface area contributed by atoms with E-state index in [0.717, 1.165) is 51.4 Å². The number of amides is 1. The van der Waals surface area contributed by atoms with E-state index >= 15 is 0 Å². The average Bonchev–Trinajstić information content (AvgIpc) is 3.34. The number of nitrogens with one attached hydrogen (secondary N) is 1. The summed E-state index contributed by atoms with van der Waals surface area (Å²) in [6.07, 6.45) is 71.5. The topological polar surface area (TPSA) is 108 Å². The SMILES string of the molecule is CCC/C=C/CC/C=C/CC/C=C/C(O)C(COP(=O)([O-])OCC[N+](C)(C)C)NC(=O)CCCCCCCCCCCCCCCCCCCCCCCCCCCCCCCCCCCCCCCCC. The van der Waals surface area contributed by atoms with Crippen molar-refractivity contribution in [1.29, 1.82) is 0 Å². The largest absolute Gasteiger partial charge is 0.756 e. The van der Waals surface area contributed by atoms with Gasteiger partial charge in [-0.25, -0.2) is 0 Å². The number of carbonyl (C=O) groups excluding carboxylic acids is 1. The van der Waals surface area contributed by atoms with Gasteiger partial charge in [0.2, 0.25) is 5.91 Å². The van der Waals surface area contributed by atoms with Crippen LogP contribution in [0.15, 0.2) is 36.5 Å². The minimum atomic E-state index is -4.60. The number of phosphoric acid groups is 1. The van der Waals surface area contributed by atoms with Gasteiger partial charge in [0.05, 0.1) is 39.9 Å². The highest BCUT2D eigenvalue weighted by Crippen LogP contribution is 2.38. The Hall–Kier alpha value is -1.28. The van der Waals surface area contributed by atoms with Crippen molar-refractivity contribution in [3.63, 3.8) is 0 Å². The standard InChI is InChI=1S/C63H123N2O6P/c1-6-8-10-12-14-16-18-19-20-21-22-23-24-25-26-27-28-29-30-31-32-33-34-35-36-37-38-39-40-41-42-43-44-45-47-49-51-53-55-57-63(67)64-61(60-71-72(68,69)70-59-58-65(3,4)5)62(66)56-54-52-50-48-46-17-15-13-11-9-7-2/h11,13,46,48,54,56,61-62,66H,6-10,12,14-45,47,49-53,55,57-60H2,1-5H3,(H-,64,67,68,69)/b13-11+,48-46+,56-54+. The maximum Gasteiger partial charge on any atom is 0.268 e. The molecule has 2 N–H and O–H groups in total. The van der Waals surface area contributed by atoms with Crippen LogP contribution in [0.5, 0.6) is 0 Å². The number of quaternary nitrogens is 1. The van der Waals surface area contributed by atoms with Crippen LogP contribution < -0.4 is 10.2 Å². The molecule has 1 amide bonds. The van der Waals surface area contributed by atoms with Gasteiger partial charge in [0, 0.05) is 6.42 Å². The van der Waals surface area contributed by atoms with Gasteiger partial charge >= 0.3 is 0 Å². The number of hydrogen-bond acceptors (Lipinski definition) is 6. The number of phosphoric ester groups is 1. The van der Waals surface area contributed by atoms with Gasteiger partial charge in [0.15, 0.2) is 0 Å². The van der Waals surface area contributed by atoms with Crippen molar-refractivity contribution < 1.29 is 32.9 Å². The summed E-state index contributed by atoms with van der Waals surface area (Å²) in [7, 11) is 1.24. The molecule has 0 spiro atoms. The van der Waals surface area contributed by atoms with Gasteiger partial charge in [0.25, 0.3) is 7.82 Å². The molecule has 0 bridgehead atoms. The zero-order chi connectivity index (χ0) is 52.7. The molecule has 0 rings (SSSR count). The summed E-state index contributed by atoms with van der Waals surface area (Å²) in [5.74, 6) is -0.208. The fraction of sp³-hybridized carbons (Fsp3) is 0.889. The highest BCUT2D eigenvalue weighted by Gasteiger charge is 2.23. The van der Waals surface area contributed by atoms with E-state index in [9.17, 15) is 19.4 Å². The van der Waals surface area contributed by atoms with E-state index in [2.05, 4.69) is 43.5 Å². The first-order valence-electron chi connectivity index (χ1n) is 31.4. The van der Waals surface area contributed by atoms with Crippen LogP contribution in [0.25, 0.3) is 0 Å². The number of likely N-dealkylation sites (N-methyl/N-ethyl adjacent to an activating group) is 1. The second-order valence-corrected chi connectivity index (χ2v) is 24.2. The van der Waals surface area contributed by atoms with Crippen molar-refractivity contribution in [1.82, 2.24) is 5.32 Å². The molecule has 0 saturated carbocycles. The van der Waals surface area contributed by atoms with Gasteiger partial charge in [-0.1, -0.05) is 301 Å². The number of hydrogen-bond donors (Lipinski definition) is 2. The summed E-state index contributed by atoms with van der Waals surface area (Å²) in [6, 6.07) is -0.906. The van der Waals surface area contributed by atoms with Crippen LogP contribution in [0.1, 0.15) is 309 Å². The Bertz CT molecular complexity index is 1270. The van der Waals surface area contributed by atoms with Crippen LogP contribution in [0.4, 0.5) is 0 Å². The lowest BCUT2D eigenvalue weighted by molar-refractivity contribution is -0.870. The summed E-state index contributed by atoms with van der Waals surface area (Å²) in [6.45, 7) is 4.57. The van der Waals surface area contributed by atoms with E-state index in [4.69, 9.17) is 9.05 Å². The van der Waals surface area contributed by atoms with Crippen LogP contribution >= 0.6 is 7.82 Å². The summed E-state index contributed by atoms with van der Waals surface area (Å²) in [4.78, 5) is 25.4. The van der Waals surface area contributed by atoms with E-state index in [1.54, 1.807) is 6.08 Å². The molecule has 0 aromatic carbocycles. The summed E-state index contributed by atoms with van der Waals surface area (Å²) < 4.78 is 23.2. The third kappa shape index (κ3) is 56.4. The second kappa shape index (κ2) is 54.5. The molecule has 3 atom stereocenters. The first-order chi connectivity index (χ1) is 35.0. The lowest BCUT2D eigenvalue weighted by atomic mass is 10.0. The minimum absolute atomic E-state index is 0.00784. The Kier molecular flexibility index (Phi) is 53.5. The van der Waals surface area contributed by atoms with E-state index in [0.29, 0.717) is 17.4 Å². The van der Waals surface area contributed by atoms with Gasteiger partial charge in [-0.15, -0.1) is 0 Å². The summed E-state index contributed by atoms with van der Waals surface area (Å²) in [5.41, 5.74) is 0. The lowest BCUT2D eigenvalue weighted by Crippen LogP contribution is -2.45. The molecule has 0 saturated heterocycles. The van der Waals surface area contributed by atoms with Gasteiger partial charge in [-0.3, -0.25) is 9.36 Å². The Labute approximate surface area is 448 Å². The molecule has 0 aromatic heterocycles. The molecular formula is C63H123N2O6P. The van der Waals surface area contributed by atoms with Crippen molar-refractivity contribution in [2.75, 3.05) is 40.9 Å². The van der Waals surface area contributed by atoms with E-state index in [1.807, 2.05) is 27.2 Å². The number of unbranched alkanes of at least 4 members (excludes halogenated alkanes) is 41. The Morgan fingerprint density at radius 2 is 0.778 bits per heavy atom. The van der Waals surface area contributed by atoms with Gasteiger partial charge in [0.1, 0.15) is 13.2 Å². The Balaban J connectivity index is 3.81. The highest BCUT2D eigenvalue weighted by atomic mass is 31.2. The van der Waals surface area contributed by atoms with Crippen LogP contribution in [0.3, 0.4) is 0 Å². The lowest BCUT2D eigenvalue weighted by Gasteiger charge is -2.29. The smallest absolute Gasteiger partial charge is 0.268 e. The molecular weight excluding hydrogens is 912 g/mol. The van der Waals surface area contributed by atoms with Crippen molar-refractivity contribution in [3.8, 4) is 0 Å². The minimum Gasteiger partial charge on any atom is -0.756 e. The molecule has 0 radical (unpaired) electrons. The summed E-state index contributed by atoms with van der Waals surface area (Å²) >= 11 is 0. The van der Waals surface area contributed by atoms with Crippen LogP contribution in [-0.4, -0.2) is 68.5 Å². The van der Waals surface area contributed by atoms with Crippen molar-refractivity contribution in [2.45, 2.75) is 321 Å².